The number of thiophene rings is 1. The van der Waals surface area contributed by atoms with Crippen molar-refractivity contribution in [1.29, 1.82) is 10.5 Å². The Balaban J connectivity index is 1.78. The number of nitrogens with zero attached hydrogens (tertiary/aromatic N) is 4. The Morgan fingerprint density at radius 2 is 1.63 bits per heavy atom. The molecule has 0 saturated carbocycles. The summed E-state index contributed by atoms with van der Waals surface area (Å²) >= 11 is 2.66. The molecule has 6 nitrogen and oxygen atoms in total. The van der Waals surface area contributed by atoms with Crippen LogP contribution in [0.5, 0.6) is 0 Å². The van der Waals surface area contributed by atoms with E-state index in [1.807, 2.05) is 84.4 Å². The lowest BCUT2D eigenvalue weighted by Crippen LogP contribution is -2.34. The number of amides is 1. The van der Waals surface area contributed by atoms with Crippen molar-refractivity contribution < 1.29 is 4.79 Å². The van der Waals surface area contributed by atoms with Gasteiger partial charge in [-0.1, -0.05) is 55.1 Å². The Kier molecular flexibility index (Phi) is 7.47. The lowest BCUT2D eigenvalue weighted by molar-refractivity contribution is -0.117. The average molecular weight is 496 g/mol. The van der Waals surface area contributed by atoms with Crippen molar-refractivity contribution >= 4 is 46.2 Å². The predicted molar refractivity (Wildman–Crippen MR) is 141 cm³/mol. The molecular formula is C27H21N5OS2. The van der Waals surface area contributed by atoms with E-state index in [4.69, 9.17) is 5.73 Å². The van der Waals surface area contributed by atoms with Gasteiger partial charge in [0.05, 0.1) is 10.8 Å². The molecule has 1 amide bonds. The van der Waals surface area contributed by atoms with E-state index in [9.17, 15) is 15.3 Å². The number of nitrogens with two attached hydrogens (primary N) is 1. The van der Waals surface area contributed by atoms with Gasteiger partial charge in [0.15, 0.2) is 0 Å². The molecule has 2 aromatic carbocycles. The van der Waals surface area contributed by atoms with Gasteiger partial charge in [0.25, 0.3) is 0 Å². The summed E-state index contributed by atoms with van der Waals surface area (Å²) in [6, 6.07) is 25.0. The third-order valence-electron chi connectivity index (χ3n) is 5.37. The lowest BCUT2D eigenvalue weighted by atomic mass is 9.99. The first-order valence-electron chi connectivity index (χ1n) is 10.9. The van der Waals surface area contributed by atoms with E-state index in [-0.39, 0.29) is 22.9 Å². The van der Waals surface area contributed by atoms with Gasteiger partial charge in [-0.05, 0) is 53.1 Å². The zero-order valence-corrected chi connectivity index (χ0v) is 20.5. The number of benzene rings is 2. The Bertz CT molecular complexity index is 1370. The largest absolute Gasteiger partial charge is 0.383 e. The number of carbonyl (C=O) groups is 1. The number of hydrogen-bond acceptors (Lipinski definition) is 7. The zero-order chi connectivity index (χ0) is 24.8. The molecule has 1 atom stereocenters. The highest BCUT2D eigenvalue weighted by atomic mass is 32.2. The van der Waals surface area contributed by atoms with Crippen LogP contribution in [0.2, 0.25) is 0 Å². The predicted octanol–water partition coefficient (Wildman–Crippen LogP) is 6.37. The monoisotopic (exact) mass is 495 g/mol. The van der Waals surface area contributed by atoms with Gasteiger partial charge in [-0.3, -0.25) is 9.69 Å². The molecule has 0 saturated heterocycles. The van der Waals surface area contributed by atoms with E-state index in [0.29, 0.717) is 17.0 Å². The Morgan fingerprint density at radius 1 is 1.03 bits per heavy atom. The summed E-state index contributed by atoms with van der Waals surface area (Å²) in [5.41, 5.74) is 9.24. The van der Waals surface area contributed by atoms with Crippen LogP contribution >= 0.6 is 23.1 Å². The molecule has 0 aliphatic carbocycles. The van der Waals surface area contributed by atoms with Gasteiger partial charge in [-0.25, -0.2) is 4.98 Å². The Hall–Kier alpha value is -4.11. The summed E-state index contributed by atoms with van der Waals surface area (Å²) in [5.74, 6) is -0.0962. The van der Waals surface area contributed by atoms with E-state index in [1.54, 1.807) is 4.90 Å². The van der Waals surface area contributed by atoms with Crippen LogP contribution in [0.25, 0.3) is 11.1 Å². The van der Waals surface area contributed by atoms with Crippen LogP contribution in [0, 0.1) is 22.7 Å². The van der Waals surface area contributed by atoms with Crippen molar-refractivity contribution in [3.05, 3.63) is 88.6 Å². The molecule has 0 bridgehead atoms. The molecule has 8 heteroatoms. The van der Waals surface area contributed by atoms with Gasteiger partial charge in [-0.2, -0.15) is 21.9 Å². The SMILES string of the molecule is CCC(Sc1nc(N)c(C#N)c(-c2ccsc2)c1C#N)C(=O)N(c1ccccc1)c1ccccc1. The van der Waals surface area contributed by atoms with Crippen LogP contribution in [-0.2, 0) is 4.79 Å². The minimum Gasteiger partial charge on any atom is -0.383 e. The molecule has 4 aromatic rings. The molecule has 0 aliphatic rings. The van der Waals surface area contributed by atoms with Gasteiger partial charge in [0.1, 0.15) is 28.5 Å². The average Bonchev–Trinajstić information content (AvgIpc) is 3.43. The lowest BCUT2D eigenvalue weighted by Gasteiger charge is -2.27. The molecule has 35 heavy (non-hydrogen) atoms. The number of anilines is 3. The van der Waals surface area contributed by atoms with E-state index in [0.717, 1.165) is 16.9 Å². The summed E-state index contributed by atoms with van der Waals surface area (Å²) in [5, 5.41) is 23.3. The molecule has 0 aliphatic heterocycles. The van der Waals surface area contributed by atoms with Gasteiger partial charge in [-0.15, -0.1) is 0 Å². The highest BCUT2D eigenvalue weighted by Crippen LogP contribution is 2.39. The first-order chi connectivity index (χ1) is 17.1. The summed E-state index contributed by atoms with van der Waals surface area (Å²) in [7, 11) is 0. The van der Waals surface area contributed by atoms with Gasteiger partial charge in [0.2, 0.25) is 5.91 Å². The Labute approximate surface area is 212 Å². The van der Waals surface area contributed by atoms with Crippen molar-refractivity contribution in [2.24, 2.45) is 0 Å². The maximum Gasteiger partial charge on any atom is 0.245 e. The fourth-order valence-corrected chi connectivity index (χ4v) is 5.43. The first kappa shape index (κ1) is 24.0. The van der Waals surface area contributed by atoms with Crippen molar-refractivity contribution in [3.63, 3.8) is 0 Å². The maximum atomic E-state index is 13.9. The standard InChI is InChI=1S/C27H21N5OS2/c1-2-23(27(33)32(19-9-5-3-6-10-19)20-11-7-4-8-12-20)35-26-22(16-29)24(18-13-14-34-17-18)21(15-28)25(30)31-26/h3-14,17,23H,2H2,1H3,(H2,30,31). The van der Waals surface area contributed by atoms with E-state index in [1.165, 1.54) is 23.1 Å². The van der Waals surface area contributed by atoms with Crippen LogP contribution in [0.3, 0.4) is 0 Å². The molecule has 2 heterocycles. The fraction of sp³-hybridized carbons (Fsp3) is 0.111. The van der Waals surface area contributed by atoms with Crippen molar-refractivity contribution in [1.82, 2.24) is 4.98 Å². The summed E-state index contributed by atoms with van der Waals surface area (Å²) < 4.78 is 0. The minimum atomic E-state index is -0.544. The number of rotatable bonds is 7. The number of para-hydroxylation sites is 2. The van der Waals surface area contributed by atoms with E-state index in [2.05, 4.69) is 17.1 Å². The second kappa shape index (κ2) is 10.9. The molecular weight excluding hydrogens is 474 g/mol. The third kappa shape index (κ3) is 4.90. The van der Waals surface area contributed by atoms with Crippen molar-refractivity contribution in [3.8, 4) is 23.3 Å². The molecule has 0 fully saturated rings. The number of thioether (sulfide) groups is 1. The summed E-state index contributed by atoms with van der Waals surface area (Å²) in [6.45, 7) is 1.92. The molecule has 2 aromatic heterocycles. The quantitative estimate of drug-likeness (QED) is 0.299. The van der Waals surface area contributed by atoms with Crippen LogP contribution in [0.15, 0.2) is 82.5 Å². The van der Waals surface area contributed by atoms with Gasteiger partial charge in [0, 0.05) is 16.9 Å². The number of aromatic nitrogens is 1. The van der Waals surface area contributed by atoms with Crippen molar-refractivity contribution in [2.75, 3.05) is 10.6 Å². The highest BCUT2D eigenvalue weighted by molar-refractivity contribution is 8.00. The number of carbonyl (C=O) groups excluding carboxylic acids is 1. The van der Waals surface area contributed by atoms with Gasteiger partial charge < -0.3 is 5.73 Å². The molecule has 4 rings (SSSR count). The van der Waals surface area contributed by atoms with Crippen LogP contribution in [-0.4, -0.2) is 16.1 Å². The summed E-state index contributed by atoms with van der Waals surface area (Å²) in [6.07, 6.45) is 0.500. The second-order valence-electron chi connectivity index (χ2n) is 7.52. The van der Waals surface area contributed by atoms with Crippen LogP contribution in [0.1, 0.15) is 24.5 Å². The number of nitrogen functional groups attached to an aromatic ring is 1. The molecule has 0 spiro atoms. The second-order valence-corrected chi connectivity index (χ2v) is 9.49. The molecule has 2 N–H and O–H groups in total. The number of hydrogen-bond donors (Lipinski definition) is 1. The topological polar surface area (TPSA) is 107 Å². The first-order valence-corrected chi connectivity index (χ1v) is 12.7. The Morgan fingerprint density at radius 3 is 2.11 bits per heavy atom. The minimum absolute atomic E-state index is 0.0421. The normalized spacial score (nSPS) is 11.3. The molecule has 172 valence electrons. The summed E-state index contributed by atoms with van der Waals surface area (Å²) in [4.78, 5) is 20.0. The highest BCUT2D eigenvalue weighted by Gasteiger charge is 2.29. The number of nitriles is 2. The molecule has 1 unspecified atom stereocenters. The number of pyridine rings is 1. The maximum absolute atomic E-state index is 13.9. The fourth-order valence-electron chi connectivity index (χ4n) is 3.72. The smallest absolute Gasteiger partial charge is 0.245 e. The van der Waals surface area contributed by atoms with E-state index >= 15 is 0 Å². The van der Waals surface area contributed by atoms with Gasteiger partial charge >= 0.3 is 0 Å². The van der Waals surface area contributed by atoms with Crippen molar-refractivity contribution in [2.45, 2.75) is 23.6 Å². The zero-order valence-electron chi connectivity index (χ0n) is 18.9. The third-order valence-corrected chi connectivity index (χ3v) is 7.40. The van der Waals surface area contributed by atoms with Crippen LogP contribution in [0.4, 0.5) is 17.2 Å². The van der Waals surface area contributed by atoms with Crippen LogP contribution < -0.4 is 10.6 Å². The van der Waals surface area contributed by atoms with E-state index < -0.39 is 5.25 Å². The molecule has 0 radical (unpaired) electrons.